The molecule has 140 valence electrons. The second-order valence-electron chi connectivity index (χ2n) is 5.50. The highest BCUT2D eigenvalue weighted by Crippen LogP contribution is 2.30. The summed E-state index contributed by atoms with van der Waals surface area (Å²) in [4.78, 5) is 12.9. The summed E-state index contributed by atoms with van der Waals surface area (Å²) in [5, 5.41) is 0.373. The van der Waals surface area contributed by atoms with Gasteiger partial charge in [-0.3, -0.25) is 9.52 Å². The molecule has 0 radical (unpaired) electrons. The Bertz CT molecular complexity index is 883. The molecule has 0 saturated heterocycles. The quantitative estimate of drug-likeness (QED) is 0.774. The number of carbonyl (C=O) groups is 1. The van der Waals surface area contributed by atoms with Gasteiger partial charge in [-0.05, 0) is 42.5 Å². The third kappa shape index (κ3) is 5.03. The Balaban J connectivity index is 2.15. The van der Waals surface area contributed by atoms with Crippen LogP contribution in [-0.4, -0.2) is 47.0 Å². The lowest BCUT2D eigenvalue weighted by Gasteiger charge is -2.13. The number of halogens is 1. The highest BCUT2D eigenvalue weighted by molar-refractivity contribution is 7.92. The lowest BCUT2D eigenvalue weighted by atomic mass is 10.3. The first kappa shape index (κ1) is 19.9. The van der Waals surface area contributed by atoms with E-state index in [4.69, 9.17) is 21.1 Å². The number of sulfonamides is 1. The van der Waals surface area contributed by atoms with Crippen LogP contribution in [0.5, 0.6) is 11.5 Å². The molecule has 0 aromatic heterocycles. The Morgan fingerprint density at radius 2 is 1.81 bits per heavy atom. The van der Waals surface area contributed by atoms with Crippen molar-refractivity contribution in [3.63, 3.8) is 0 Å². The van der Waals surface area contributed by atoms with Crippen molar-refractivity contribution in [2.24, 2.45) is 0 Å². The first-order valence-corrected chi connectivity index (χ1v) is 9.38. The molecule has 0 aliphatic heterocycles. The van der Waals surface area contributed by atoms with E-state index in [1.807, 2.05) is 0 Å². The van der Waals surface area contributed by atoms with Crippen molar-refractivity contribution in [1.82, 2.24) is 4.90 Å². The Morgan fingerprint density at radius 3 is 2.38 bits per heavy atom. The molecule has 2 aromatic rings. The van der Waals surface area contributed by atoms with Crippen molar-refractivity contribution in [2.75, 3.05) is 32.5 Å². The molecule has 0 aliphatic rings. The van der Waals surface area contributed by atoms with Gasteiger partial charge in [-0.15, -0.1) is 0 Å². The maximum atomic E-state index is 12.5. The molecule has 0 unspecified atom stereocenters. The molecule has 26 heavy (non-hydrogen) atoms. The van der Waals surface area contributed by atoms with Gasteiger partial charge in [0, 0.05) is 19.1 Å². The number of benzene rings is 2. The minimum Gasteiger partial charge on any atom is -0.495 e. The fraction of sp³-hybridized carbons (Fsp3) is 0.235. The van der Waals surface area contributed by atoms with Gasteiger partial charge in [0.25, 0.3) is 15.9 Å². The molecule has 7 nitrogen and oxygen atoms in total. The van der Waals surface area contributed by atoms with Gasteiger partial charge in [0.2, 0.25) is 0 Å². The number of rotatable bonds is 7. The van der Waals surface area contributed by atoms with E-state index in [1.165, 1.54) is 42.3 Å². The van der Waals surface area contributed by atoms with E-state index in [9.17, 15) is 13.2 Å². The van der Waals surface area contributed by atoms with Gasteiger partial charge in [0.15, 0.2) is 6.61 Å². The van der Waals surface area contributed by atoms with Gasteiger partial charge in [0.05, 0.1) is 17.7 Å². The van der Waals surface area contributed by atoms with Crippen molar-refractivity contribution >= 4 is 33.2 Å². The summed E-state index contributed by atoms with van der Waals surface area (Å²) in [7, 11) is 0.834. The molecule has 0 aliphatic carbocycles. The molecule has 0 fully saturated rings. The first-order valence-electron chi connectivity index (χ1n) is 7.52. The van der Waals surface area contributed by atoms with Crippen LogP contribution in [0, 0.1) is 0 Å². The van der Waals surface area contributed by atoms with Gasteiger partial charge in [0.1, 0.15) is 11.5 Å². The fourth-order valence-corrected chi connectivity index (χ4v) is 3.19. The topological polar surface area (TPSA) is 84.9 Å². The normalized spacial score (nSPS) is 10.9. The van der Waals surface area contributed by atoms with E-state index in [1.54, 1.807) is 26.2 Å². The summed E-state index contributed by atoms with van der Waals surface area (Å²) < 4.78 is 38.0. The molecule has 2 aromatic carbocycles. The fourth-order valence-electron chi connectivity index (χ4n) is 1.95. The van der Waals surface area contributed by atoms with Crippen molar-refractivity contribution < 1.29 is 22.7 Å². The lowest BCUT2D eigenvalue weighted by Crippen LogP contribution is -2.27. The highest BCUT2D eigenvalue weighted by Gasteiger charge is 2.17. The van der Waals surface area contributed by atoms with Crippen LogP contribution >= 0.6 is 11.6 Å². The van der Waals surface area contributed by atoms with Crippen LogP contribution in [0.2, 0.25) is 5.02 Å². The molecule has 0 spiro atoms. The number of likely N-dealkylation sites (N-methyl/N-ethyl adjacent to an activating group) is 1. The monoisotopic (exact) mass is 398 g/mol. The second-order valence-corrected chi connectivity index (χ2v) is 7.62. The maximum Gasteiger partial charge on any atom is 0.262 e. The Labute approximate surface area is 157 Å². The highest BCUT2D eigenvalue weighted by atomic mass is 35.5. The van der Waals surface area contributed by atoms with Gasteiger partial charge in [-0.2, -0.15) is 0 Å². The van der Waals surface area contributed by atoms with Crippen LogP contribution in [0.3, 0.4) is 0 Å². The number of ether oxygens (including phenoxy) is 2. The van der Waals surface area contributed by atoms with Crippen LogP contribution in [0.1, 0.15) is 0 Å². The van der Waals surface area contributed by atoms with E-state index >= 15 is 0 Å². The first-order chi connectivity index (χ1) is 12.2. The van der Waals surface area contributed by atoms with Crippen LogP contribution in [0.15, 0.2) is 47.4 Å². The minimum atomic E-state index is -3.84. The van der Waals surface area contributed by atoms with Crippen molar-refractivity contribution in [1.29, 1.82) is 0 Å². The van der Waals surface area contributed by atoms with Crippen LogP contribution in [-0.2, 0) is 14.8 Å². The van der Waals surface area contributed by atoms with Crippen molar-refractivity contribution in [3.05, 3.63) is 47.5 Å². The molecule has 0 saturated carbocycles. The number of methoxy groups -OCH3 is 1. The Hall–Kier alpha value is -2.45. The predicted octanol–water partition coefficient (Wildman–Crippen LogP) is 2.62. The van der Waals surface area contributed by atoms with Gasteiger partial charge in [-0.25, -0.2) is 8.42 Å². The largest absolute Gasteiger partial charge is 0.495 e. The lowest BCUT2D eigenvalue weighted by molar-refractivity contribution is -0.130. The molecule has 1 amide bonds. The van der Waals surface area contributed by atoms with Crippen LogP contribution < -0.4 is 14.2 Å². The second kappa shape index (κ2) is 8.29. The number of amides is 1. The SMILES string of the molecule is COc1ccc(Cl)cc1NS(=O)(=O)c1ccc(OCC(=O)N(C)C)cc1. The number of carbonyl (C=O) groups excluding carboxylic acids is 1. The number of anilines is 1. The van der Waals surface area contributed by atoms with E-state index < -0.39 is 10.0 Å². The molecule has 0 heterocycles. The van der Waals surface area contributed by atoms with Crippen LogP contribution in [0.25, 0.3) is 0 Å². The van der Waals surface area contributed by atoms with E-state index in [-0.39, 0.29) is 23.1 Å². The van der Waals surface area contributed by atoms with Gasteiger partial charge < -0.3 is 14.4 Å². The summed E-state index contributed by atoms with van der Waals surface area (Å²) in [6, 6.07) is 10.4. The zero-order chi connectivity index (χ0) is 19.3. The Kier molecular flexibility index (Phi) is 6.33. The molecule has 0 atom stereocenters. The third-order valence-electron chi connectivity index (χ3n) is 3.40. The van der Waals surface area contributed by atoms with E-state index in [0.717, 1.165) is 0 Å². The molecule has 1 N–H and O–H groups in total. The maximum absolute atomic E-state index is 12.5. The summed E-state index contributed by atoms with van der Waals surface area (Å²) >= 11 is 5.91. The third-order valence-corrected chi connectivity index (χ3v) is 5.02. The summed E-state index contributed by atoms with van der Waals surface area (Å²) in [6.45, 7) is -0.128. The Morgan fingerprint density at radius 1 is 1.15 bits per heavy atom. The average molecular weight is 399 g/mol. The standard InChI is InChI=1S/C17H19ClN2O5S/c1-20(2)17(21)11-25-13-5-7-14(8-6-13)26(22,23)19-15-10-12(18)4-9-16(15)24-3/h4-10,19H,11H2,1-3H3. The van der Waals surface area contributed by atoms with Crippen molar-refractivity contribution in [3.8, 4) is 11.5 Å². The summed E-state index contributed by atoms with van der Waals surface area (Å²) in [5.74, 6) is 0.538. The van der Waals surface area contributed by atoms with E-state index in [2.05, 4.69) is 4.72 Å². The van der Waals surface area contributed by atoms with Gasteiger partial charge in [-0.1, -0.05) is 11.6 Å². The van der Waals surface area contributed by atoms with Crippen LogP contribution in [0.4, 0.5) is 5.69 Å². The van der Waals surface area contributed by atoms with Gasteiger partial charge >= 0.3 is 0 Å². The average Bonchev–Trinajstić information content (AvgIpc) is 2.59. The number of nitrogens with zero attached hydrogens (tertiary/aromatic N) is 1. The molecule has 9 heteroatoms. The number of hydrogen-bond donors (Lipinski definition) is 1. The molecular formula is C17H19ClN2O5S. The number of hydrogen-bond acceptors (Lipinski definition) is 5. The summed E-state index contributed by atoms with van der Waals surface area (Å²) in [5.41, 5.74) is 0.233. The summed E-state index contributed by atoms with van der Waals surface area (Å²) in [6.07, 6.45) is 0. The number of nitrogens with one attached hydrogen (secondary N) is 1. The smallest absolute Gasteiger partial charge is 0.262 e. The predicted molar refractivity (Wildman–Crippen MR) is 99.4 cm³/mol. The molecular weight excluding hydrogens is 380 g/mol. The van der Waals surface area contributed by atoms with E-state index in [0.29, 0.717) is 16.5 Å². The molecule has 2 rings (SSSR count). The van der Waals surface area contributed by atoms with Crippen molar-refractivity contribution in [2.45, 2.75) is 4.90 Å². The zero-order valence-corrected chi connectivity index (χ0v) is 16.1. The molecule has 0 bridgehead atoms. The zero-order valence-electron chi connectivity index (χ0n) is 14.5. The minimum absolute atomic E-state index is 0.0332.